The third kappa shape index (κ3) is 3.53. The number of hydrogen-bond donors (Lipinski definition) is 0. The molecule has 2 aromatic carbocycles. The van der Waals surface area contributed by atoms with Crippen molar-refractivity contribution >= 4 is 23.3 Å². The average Bonchev–Trinajstić information content (AvgIpc) is 2.73. The number of rotatable bonds is 3. The van der Waals surface area contributed by atoms with Crippen molar-refractivity contribution in [3.63, 3.8) is 0 Å². The molecule has 2 aromatic rings. The molecule has 1 fully saturated rings. The fourth-order valence-corrected chi connectivity index (χ4v) is 3.94. The summed E-state index contributed by atoms with van der Waals surface area (Å²) in [6, 6.07) is 13.6. The Kier molecular flexibility index (Phi) is 4.70. The van der Waals surface area contributed by atoms with Crippen molar-refractivity contribution in [3.8, 4) is 0 Å². The number of fused-ring (bicyclic) bond motifs is 1. The van der Waals surface area contributed by atoms with Crippen molar-refractivity contribution in [3.05, 3.63) is 69.8 Å². The zero-order chi connectivity index (χ0) is 20.6. The molecule has 0 unspecified atom stereocenters. The Hall–Kier alpha value is -3.42. The number of carbonyl (C=O) groups excluding carboxylic acids is 2. The number of non-ortho nitro benzene ring substituents is 1. The quantitative estimate of drug-likeness (QED) is 0.450. The van der Waals surface area contributed by atoms with E-state index in [4.69, 9.17) is 4.74 Å². The molecule has 1 amide bonds. The van der Waals surface area contributed by atoms with Gasteiger partial charge in [-0.15, -0.1) is 0 Å². The van der Waals surface area contributed by atoms with Crippen LogP contribution in [0.1, 0.15) is 22.8 Å². The molecule has 150 valence electrons. The van der Waals surface area contributed by atoms with E-state index in [-0.39, 0.29) is 11.6 Å². The highest BCUT2D eigenvalue weighted by Gasteiger charge is 2.45. The number of nitro benzene ring substituents is 1. The number of hydrogen-bond acceptors (Lipinski definition) is 6. The second-order valence-corrected chi connectivity index (χ2v) is 7.51. The summed E-state index contributed by atoms with van der Waals surface area (Å²) in [7, 11) is 0. The van der Waals surface area contributed by atoms with Crippen molar-refractivity contribution in [1.82, 2.24) is 4.90 Å². The number of esters is 1. The van der Waals surface area contributed by atoms with Gasteiger partial charge in [-0.25, -0.2) is 4.79 Å². The van der Waals surface area contributed by atoms with E-state index < -0.39 is 16.5 Å². The molecule has 2 heterocycles. The maximum Gasteiger partial charge on any atom is 0.339 e. The maximum absolute atomic E-state index is 13.1. The lowest BCUT2D eigenvalue weighted by atomic mass is 9.88. The predicted molar refractivity (Wildman–Crippen MR) is 106 cm³/mol. The average molecular weight is 395 g/mol. The molecule has 29 heavy (non-hydrogen) atoms. The van der Waals surface area contributed by atoms with Gasteiger partial charge in [0.05, 0.1) is 10.5 Å². The van der Waals surface area contributed by atoms with E-state index in [2.05, 4.69) is 4.90 Å². The second-order valence-electron chi connectivity index (χ2n) is 7.51. The van der Waals surface area contributed by atoms with Crippen molar-refractivity contribution in [1.29, 1.82) is 0 Å². The molecule has 0 radical (unpaired) electrons. The summed E-state index contributed by atoms with van der Waals surface area (Å²) >= 11 is 0. The fourth-order valence-electron chi connectivity index (χ4n) is 3.94. The van der Waals surface area contributed by atoms with Gasteiger partial charge < -0.3 is 14.5 Å². The highest BCUT2D eigenvalue weighted by atomic mass is 16.6. The first kappa shape index (κ1) is 18.9. The van der Waals surface area contributed by atoms with Crippen LogP contribution in [-0.4, -0.2) is 53.5 Å². The van der Waals surface area contributed by atoms with Gasteiger partial charge in [0, 0.05) is 50.4 Å². The highest BCUT2D eigenvalue weighted by Crippen LogP contribution is 2.30. The van der Waals surface area contributed by atoms with Crippen LogP contribution in [-0.2, 0) is 16.0 Å². The zero-order valence-corrected chi connectivity index (χ0v) is 16.0. The number of ether oxygens (including phenoxy) is 1. The zero-order valence-electron chi connectivity index (χ0n) is 16.0. The van der Waals surface area contributed by atoms with Crippen LogP contribution in [0.25, 0.3) is 0 Å². The van der Waals surface area contributed by atoms with E-state index in [9.17, 15) is 19.7 Å². The molecule has 0 aliphatic carbocycles. The number of benzene rings is 2. The minimum atomic E-state index is -1.21. The SMILES string of the molecule is C[C@]1(C(=O)N2CCN(c3ccc([N+](=O)[O-])cc3)CC2)Cc2ccccc2C(=O)O1. The summed E-state index contributed by atoms with van der Waals surface area (Å²) in [4.78, 5) is 39.7. The van der Waals surface area contributed by atoms with E-state index in [0.29, 0.717) is 38.2 Å². The Balaban J connectivity index is 1.43. The third-order valence-corrected chi connectivity index (χ3v) is 5.53. The van der Waals surface area contributed by atoms with E-state index >= 15 is 0 Å². The molecule has 0 bridgehead atoms. The third-order valence-electron chi connectivity index (χ3n) is 5.53. The molecule has 2 aliphatic heterocycles. The Morgan fingerprint density at radius 1 is 1.07 bits per heavy atom. The summed E-state index contributed by atoms with van der Waals surface area (Å²) in [5.74, 6) is -0.657. The van der Waals surface area contributed by atoms with Crippen molar-refractivity contribution in [2.45, 2.75) is 18.9 Å². The van der Waals surface area contributed by atoms with Crippen LogP contribution in [0, 0.1) is 10.1 Å². The normalized spacial score (nSPS) is 21.3. The lowest BCUT2D eigenvalue weighted by molar-refractivity contribution is -0.384. The monoisotopic (exact) mass is 395 g/mol. The number of nitro groups is 1. The van der Waals surface area contributed by atoms with Crippen molar-refractivity contribution in [2.75, 3.05) is 31.1 Å². The molecule has 1 atom stereocenters. The summed E-state index contributed by atoms with van der Waals surface area (Å²) in [6.45, 7) is 3.86. The van der Waals surface area contributed by atoms with Crippen LogP contribution in [0.5, 0.6) is 0 Å². The smallest absolute Gasteiger partial charge is 0.339 e. The first-order chi connectivity index (χ1) is 13.9. The standard InChI is InChI=1S/C21H21N3O5/c1-21(14-15-4-2-3-5-18(15)19(25)29-21)20(26)23-12-10-22(11-13-23)16-6-8-17(9-7-16)24(27)28/h2-9H,10-14H2,1H3/t21-/m1/s1. The van der Waals surface area contributed by atoms with Gasteiger partial charge >= 0.3 is 5.97 Å². The molecule has 0 saturated carbocycles. The number of nitrogens with zero attached hydrogens (tertiary/aromatic N) is 3. The van der Waals surface area contributed by atoms with Gasteiger partial charge in [0.25, 0.3) is 11.6 Å². The van der Waals surface area contributed by atoms with Gasteiger partial charge in [0.1, 0.15) is 0 Å². The molecule has 1 saturated heterocycles. The van der Waals surface area contributed by atoms with Crippen LogP contribution in [0.4, 0.5) is 11.4 Å². The van der Waals surface area contributed by atoms with Crippen LogP contribution in [0.15, 0.2) is 48.5 Å². The molecule has 2 aliphatic rings. The number of carbonyl (C=O) groups is 2. The second kappa shape index (κ2) is 7.20. The van der Waals surface area contributed by atoms with Gasteiger partial charge in [-0.3, -0.25) is 14.9 Å². The van der Waals surface area contributed by atoms with Gasteiger partial charge in [0.2, 0.25) is 0 Å². The highest BCUT2D eigenvalue weighted by molar-refractivity contribution is 5.97. The fraction of sp³-hybridized carbons (Fsp3) is 0.333. The Morgan fingerprint density at radius 3 is 2.38 bits per heavy atom. The lowest BCUT2D eigenvalue weighted by Crippen LogP contribution is -2.58. The van der Waals surface area contributed by atoms with Crippen molar-refractivity contribution < 1.29 is 19.2 Å². The van der Waals surface area contributed by atoms with Crippen LogP contribution in [0.2, 0.25) is 0 Å². The molecule has 0 spiro atoms. The molecular weight excluding hydrogens is 374 g/mol. The Bertz CT molecular complexity index is 967. The first-order valence-electron chi connectivity index (χ1n) is 9.47. The molecule has 0 aromatic heterocycles. The van der Waals surface area contributed by atoms with Crippen molar-refractivity contribution in [2.24, 2.45) is 0 Å². The van der Waals surface area contributed by atoms with E-state index in [0.717, 1.165) is 11.3 Å². The summed E-state index contributed by atoms with van der Waals surface area (Å²) < 4.78 is 5.55. The summed E-state index contributed by atoms with van der Waals surface area (Å²) in [5, 5.41) is 10.8. The number of cyclic esters (lactones) is 1. The van der Waals surface area contributed by atoms with E-state index in [1.54, 1.807) is 36.1 Å². The number of piperazine rings is 1. The number of amides is 1. The predicted octanol–water partition coefficient (Wildman–Crippen LogP) is 2.42. The Morgan fingerprint density at radius 2 is 1.72 bits per heavy atom. The van der Waals surface area contributed by atoms with Gasteiger partial charge in [-0.2, -0.15) is 0 Å². The van der Waals surface area contributed by atoms with Gasteiger partial charge in [0.15, 0.2) is 5.60 Å². The minimum absolute atomic E-state index is 0.0508. The maximum atomic E-state index is 13.1. The molecule has 8 nitrogen and oxygen atoms in total. The summed E-state index contributed by atoms with van der Waals surface area (Å²) in [6.07, 6.45) is 0.357. The van der Waals surface area contributed by atoms with Crippen LogP contribution in [0.3, 0.4) is 0 Å². The lowest BCUT2D eigenvalue weighted by Gasteiger charge is -2.41. The van der Waals surface area contributed by atoms with E-state index in [1.807, 2.05) is 12.1 Å². The van der Waals surface area contributed by atoms with Crippen LogP contribution < -0.4 is 4.90 Å². The topological polar surface area (TPSA) is 93.0 Å². The molecule has 0 N–H and O–H groups in total. The molecule has 4 rings (SSSR count). The van der Waals surface area contributed by atoms with Crippen LogP contribution >= 0.6 is 0 Å². The van der Waals surface area contributed by atoms with Gasteiger partial charge in [-0.05, 0) is 30.7 Å². The first-order valence-corrected chi connectivity index (χ1v) is 9.47. The Labute approximate surface area is 167 Å². The minimum Gasteiger partial charge on any atom is -0.445 e. The number of anilines is 1. The van der Waals surface area contributed by atoms with E-state index in [1.165, 1.54) is 12.1 Å². The summed E-state index contributed by atoms with van der Waals surface area (Å²) in [5.41, 5.74) is 1.06. The van der Waals surface area contributed by atoms with Gasteiger partial charge in [-0.1, -0.05) is 18.2 Å². The molecular formula is C21H21N3O5. The molecule has 8 heteroatoms. The largest absolute Gasteiger partial charge is 0.445 e.